The van der Waals surface area contributed by atoms with Crippen LogP contribution < -0.4 is 10.4 Å². The topological polar surface area (TPSA) is 0 Å². The Morgan fingerprint density at radius 2 is 1.93 bits per heavy atom. The second-order valence-electron chi connectivity index (χ2n) is 3.65. The van der Waals surface area contributed by atoms with Crippen LogP contribution in [0.5, 0.6) is 0 Å². The average molecular weight is 182 g/mol. The van der Waals surface area contributed by atoms with E-state index < -0.39 is 0 Å². The standard InChI is InChI=1S/C14H14/c1-11-7-3-5-9-13(11)14-10-6-4-8-12(14)2/h3-10,12H,1H2,2H3/b14-13-. The zero-order valence-corrected chi connectivity index (χ0v) is 8.40. The Hall–Kier alpha value is -1.56. The maximum Gasteiger partial charge on any atom is -0.000117 e. The van der Waals surface area contributed by atoms with Gasteiger partial charge in [0.15, 0.2) is 0 Å². The summed E-state index contributed by atoms with van der Waals surface area (Å²) >= 11 is 0. The molecule has 0 nitrogen and oxygen atoms in total. The van der Waals surface area contributed by atoms with Gasteiger partial charge in [-0.1, -0.05) is 62.1 Å². The lowest BCUT2D eigenvalue weighted by Crippen LogP contribution is -2.26. The van der Waals surface area contributed by atoms with Crippen molar-refractivity contribution in [1.29, 1.82) is 0 Å². The summed E-state index contributed by atoms with van der Waals surface area (Å²) in [5.41, 5.74) is 1.36. The zero-order chi connectivity index (χ0) is 9.97. The summed E-state index contributed by atoms with van der Waals surface area (Å²) in [5.74, 6) is 0.489. The van der Waals surface area contributed by atoms with E-state index in [9.17, 15) is 0 Å². The van der Waals surface area contributed by atoms with E-state index in [-0.39, 0.29) is 0 Å². The number of allylic oxidation sites excluding steroid dienone is 4. The molecule has 0 spiro atoms. The second-order valence-corrected chi connectivity index (χ2v) is 3.65. The molecule has 70 valence electrons. The third-order valence-electron chi connectivity index (χ3n) is 2.61. The minimum atomic E-state index is 0.489. The van der Waals surface area contributed by atoms with Crippen LogP contribution in [0.25, 0.3) is 12.2 Å². The molecule has 0 N–H and O–H groups in total. The minimum Gasteiger partial charge on any atom is -0.0911 e. The third kappa shape index (κ3) is 1.56. The van der Waals surface area contributed by atoms with Crippen LogP contribution in [0.15, 0.2) is 48.6 Å². The van der Waals surface area contributed by atoms with Gasteiger partial charge in [-0.3, -0.25) is 0 Å². The van der Waals surface area contributed by atoms with E-state index in [0.29, 0.717) is 5.92 Å². The van der Waals surface area contributed by atoms with Crippen molar-refractivity contribution >= 4 is 12.2 Å². The minimum absolute atomic E-state index is 0.489. The molecule has 0 aromatic heterocycles. The molecular weight excluding hydrogens is 168 g/mol. The fourth-order valence-corrected chi connectivity index (χ4v) is 1.78. The average Bonchev–Trinajstić information content (AvgIpc) is 2.20. The summed E-state index contributed by atoms with van der Waals surface area (Å²) in [6.45, 7) is 6.26. The predicted molar refractivity (Wildman–Crippen MR) is 62.1 cm³/mol. The van der Waals surface area contributed by atoms with Crippen LogP contribution >= 0.6 is 0 Å². The highest BCUT2D eigenvalue weighted by atomic mass is 14.1. The first-order valence-corrected chi connectivity index (χ1v) is 4.92. The molecule has 0 bridgehead atoms. The molecule has 0 aliphatic heterocycles. The van der Waals surface area contributed by atoms with Crippen molar-refractivity contribution < 1.29 is 0 Å². The van der Waals surface area contributed by atoms with Gasteiger partial charge in [0.1, 0.15) is 0 Å². The first-order valence-electron chi connectivity index (χ1n) is 4.92. The van der Waals surface area contributed by atoms with Crippen molar-refractivity contribution in [2.24, 2.45) is 5.92 Å². The van der Waals surface area contributed by atoms with E-state index in [4.69, 9.17) is 0 Å². The van der Waals surface area contributed by atoms with Gasteiger partial charge in [0.2, 0.25) is 0 Å². The molecule has 0 saturated heterocycles. The van der Waals surface area contributed by atoms with Gasteiger partial charge in [-0.05, 0) is 21.9 Å². The van der Waals surface area contributed by atoms with Crippen LogP contribution in [-0.4, -0.2) is 0 Å². The molecule has 0 saturated carbocycles. The molecule has 1 aromatic carbocycles. The maximum absolute atomic E-state index is 4.05. The third-order valence-corrected chi connectivity index (χ3v) is 2.61. The van der Waals surface area contributed by atoms with Crippen molar-refractivity contribution in [3.8, 4) is 0 Å². The molecule has 1 aromatic rings. The van der Waals surface area contributed by atoms with Crippen molar-refractivity contribution in [2.75, 3.05) is 0 Å². The molecule has 0 heterocycles. The summed E-state index contributed by atoms with van der Waals surface area (Å²) in [7, 11) is 0. The Morgan fingerprint density at radius 3 is 2.64 bits per heavy atom. The van der Waals surface area contributed by atoms with Gasteiger partial charge in [0.25, 0.3) is 0 Å². The molecule has 1 aliphatic carbocycles. The smallest absolute Gasteiger partial charge is 0.000117 e. The van der Waals surface area contributed by atoms with Gasteiger partial charge < -0.3 is 0 Å². The lowest BCUT2D eigenvalue weighted by molar-refractivity contribution is 0.956. The first-order chi connectivity index (χ1) is 6.79. The predicted octanol–water partition coefficient (Wildman–Crippen LogP) is 2.01. The Morgan fingerprint density at radius 1 is 1.14 bits per heavy atom. The number of hydrogen-bond acceptors (Lipinski definition) is 0. The SMILES string of the molecule is C=c1cccc/c1=C1\C=CC=CC1C. The van der Waals surface area contributed by atoms with Crippen molar-refractivity contribution in [3.63, 3.8) is 0 Å². The number of rotatable bonds is 0. The fourth-order valence-electron chi connectivity index (χ4n) is 1.78. The maximum atomic E-state index is 4.05. The monoisotopic (exact) mass is 182 g/mol. The highest BCUT2D eigenvalue weighted by Gasteiger charge is 2.05. The van der Waals surface area contributed by atoms with E-state index in [1.54, 1.807) is 0 Å². The van der Waals surface area contributed by atoms with Crippen LogP contribution in [0.3, 0.4) is 0 Å². The van der Waals surface area contributed by atoms with Crippen LogP contribution in [0.4, 0.5) is 0 Å². The Labute approximate surface area is 84.6 Å². The summed E-state index contributed by atoms with van der Waals surface area (Å²) in [6, 6.07) is 8.29. The molecule has 0 radical (unpaired) electrons. The molecule has 2 rings (SSSR count). The summed E-state index contributed by atoms with van der Waals surface area (Å²) < 4.78 is 0. The van der Waals surface area contributed by atoms with Crippen molar-refractivity contribution in [3.05, 3.63) is 59.0 Å². The van der Waals surface area contributed by atoms with Crippen LogP contribution in [0.2, 0.25) is 0 Å². The number of hydrogen-bond donors (Lipinski definition) is 0. The van der Waals surface area contributed by atoms with Gasteiger partial charge in [0, 0.05) is 0 Å². The normalized spacial score (nSPS) is 23.9. The molecule has 1 aliphatic rings. The molecule has 0 amide bonds. The summed E-state index contributed by atoms with van der Waals surface area (Å²) in [4.78, 5) is 0. The van der Waals surface area contributed by atoms with E-state index in [1.807, 2.05) is 6.07 Å². The first kappa shape index (κ1) is 9.01. The zero-order valence-electron chi connectivity index (χ0n) is 8.40. The molecule has 0 fully saturated rings. The van der Waals surface area contributed by atoms with Gasteiger partial charge in [0.05, 0.1) is 0 Å². The quantitative estimate of drug-likeness (QED) is 0.576. The van der Waals surface area contributed by atoms with E-state index in [1.165, 1.54) is 10.8 Å². The highest BCUT2D eigenvalue weighted by Crippen LogP contribution is 2.16. The highest BCUT2D eigenvalue weighted by molar-refractivity contribution is 5.63. The van der Waals surface area contributed by atoms with E-state index in [0.717, 1.165) is 5.22 Å². The van der Waals surface area contributed by atoms with Gasteiger partial charge in [-0.2, -0.15) is 0 Å². The van der Waals surface area contributed by atoms with Gasteiger partial charge in [-0.15, -0.1) is 0 Å². The van der Waals surface area contributed by atoms with Crippen molar-refractivity contribution in [2.45, 2.75) is 6.92 Å². The van der Waals surface area contributed by atoms with Gasteiger partial charge >= 0.3 is 0 Å². The van der Waals surface area contributed by atoms with E-state index in [2.05, 4.69) is 56.0 Å². The fraction of sp³-hybridized carbons (Fsp3) is 0.143. The van der Waals surface area contributed by atoms with E-state index >= 15 is 0 Å². The van der Waals surface area contributed by atoms with Crippen LogP contribution in [0, 0.1) is 5.92 Å². The Kier molecular flexibility index (Phi) is 2.36. The lowest BCUT2D eigenvalue weighted by atomic mass is 9.94. The largest absolute Gasteiger partial charge is 0.0911 e. The van der Waals surface area contributed by atoms with Crippen molar-refractivity contribution in [1.82, 2.24) is 0 Å². The Bertz CT molecular complexity index is 489. The molecule has 0 heteroatoms. The lowest BCUT2D eigenvalue weighted by Gasteiger charge is -2.11. The number of benzene rings is 1. The summed E-state index contributed by atoms with van der Waals surface area (Å²) in [5, 5.41) is 2.37. The van der Waals surface area contributed by atoms with Crippen LogP contribution in [-0.2, 0) is 0 Å². The molecular formula is C14H14. The second kappa shape index (κ2) is 3.67. The molecule has 14 heavy (non-hydrogen) atoms. The molecule has 1 atom stereocenters. The van der Waals surface area contributed by atoms with Crippen LogP contribution in [0.1, 0.15) is 6.92 Å². The molecule has 1 unspecified atom stereocenters. The summed E-state index contributed by atoms with van der Waals surface area (Å²) in [6.07, 6.45) is 8.57. The Balaban J connectivity index is 2.72. The van der Waals surface area contributed by atoms with Gasteiger partial charge in [-0.25, -0.2) is 0 Å².